The summed E-state index contributed by atoms with van der Waals surface area (Å²) in [6.07, 6.45) is 0.564. The van der Waals surface area contributed by atoms with Crippen LogP contribution in [0.4, 0.5) is 18.9 Å². The Morgan fingerprint density at radius 1 is 1.03 bits per heavy atom. The number of anilines is 1. The van der Waals surface area contributed by atoms with Gasteiger partial charge in [0.05, 0.1) is 11.8 Å². The molecule has 0 aromatic heterocycles. The summed E-state index contributed by atoms with van der Waals surface area (Å²) in [6.45, 7) is 1.19. The molecule has 1 aromatic carbocycles. The van der Waals surface area contributed by atoms with Crippen LogP contribution in [0, 0.1) is 35.5 Å². The maximum atomic E-state index is 13.3. The molecule has 6 unspecified atom stereocenters. The van der Waals surface area contributed by atoms with E-state index < -0.39 is 42.4 Å². The molecule has 6 atom stereocenters. The molecule has 3 fully saturated rings. The van der Waals surface area contributed by atoms with Gasteiger partial charge < -0.3 is 0 Å². The first kappa shape index (κ1) is 19.3. The molecule has 1 heterocycles. The van der Waals surface area contributed by atoms with Gasteiger partial charge in [0.25, 0.3) is 0 Å². The minimum Gasteiger partial charge on any atom is -0.286 e. The molecule has 1 aromatic rings. The van der Waals surface area contributed by atoms with Gasteiger partial charge in [-0.05, 0) is 54.2 Å². The Labute approximate surface area is 171 Å². The third kappa shape index (κ3) is 2.72. The maximum Gasteiger partial charge on any atom is 0.471 e. The number of hydrogen-bond donors (Lipinski definition) is 0. The molecule has 8 heteroatoms. The van der Waals surface area contributed by atoms with Crippen molar-refractivity contribution in [3.63, 3.8) is 0 Å². The molecular weight excluding hydrogens is 397 g/mol. The van der Waals surface area contributed by atoms with Crippen molar-refractivity contribution in [2.24, 2.45) is 35.5 Å². The maximum absolute atomic E-state index is 13.3. The van der Waals surface area contributed by atoms with Gasteiger partial charge in [-0.25, -0.2) is 0 Å². The number of carbonyl (C=O) groups excluding carboxylic acids is 3. The third-order valence-electron chi connectivity index (χ3n) is 7.18. The number of likely N-dealkylation sites (tertiary alicyclic amines) is 1. The molecule has 1 aliphatic heterocycles. The molecule has 6 rings (SSSR count). The second-order valence-electron chi connectivity index (χ2n) is 8.65. The molecule has 1 saturated heterocycles. The molecule has 0 radical (unpaired) electrons. The number of benzene rings is 1. The topological polar surface area (TPSA) is 57.7 Å². The fourth-order valence-electron chi connectivity index (χ4n) is 5.63. The molecule has 2 bridgehead atoms. The number of nitrogens with zero attached hydrogens (tertiary/aromatic N) is 2. The Balaban J connectivity index is 1.45. The van der Waals surface area contributed by atoms with Crippen molar-refractivity contribution >= 4 is 23.4 Å². The number of hydrogen-bond acceptors (Lipinski definition) is 3. The second kappa shape index (κ2) is 6.43. The van der Waals surface area contributed by atoms with Gasteiger partial charge in [0.15, 0.2) is 0 Å². The molecule has 0 spiro atoms. The number of allylic oxidation sites excluding steroid dienone is 2. The van der Waals surface area contributed by atoms with E-state index >= 15 is 0 Å². The molecular formula is C22H21F3N2O3. The minimum atomic E-state index is -5.12. The van der Waals surface area contributed by atoms with E-state index in [0.29, 0.717) is 23.2 Å². The zero-order valence-electron chi connectivity index (χ0n) is 16.3. The molecule has 4 aliphatic carbocycles. The van der Waals surface area contributed by atoms with E-state index in [-0.39, 0.29) is 17.5 Å². The zero-order valence-corrected chi connectivity index (χ0v) is 16.3. The van der Waals surface area contributed by atoms with Crippen LogP contribution in [0.1, 0.15) is 18.9 Å². The van der Waals surface area contributed by atoms with Crippen LogP contribution in [-0.2, 0) is 20.8 Å². The van der Waals surface area contributed by atoms with E-state index in [1.807, 2.05) is 19.1 Å². The van der Waals surface area contributed by atoms with Gasteiger partial charge in [0.2, 0.25) is 11.8 Å². The summed E-state index contributed by atoms with van der Waals surface area (Å²) in [5.74, 6) is -3.29. The van der Waals surface area contributed by atoms with E-state index in [4.69, 9.17) is 0 Å². The van der Waals surface area contributed by atoms with Crippen molar-refractivity contribution in [3.05, 3.63) is 42.0 Å². The number of aryl methyl sites for hydroxylation is 1. The largest absolute Gasteiger partial charge is 0.471 e. The Hall–Kier alpha value is -2.64. The highest BCUT2D eigenvalue weighted by Crippen LogP contribution is 2.65. The van der Waals surface area contributed by atoms with Gasteiger partial charge in [-0.15, -0.1) is 0 Å². The predicted molar refractivity (Wildman–Crippen MR) is 101 cm³/mol. The van der Waals surface area contributed by atoms with Gasteiger partial charge in [-0.1, -0.05) is 31.2 Å². The average molecular weight is 418 g/mol. The van der Waals surface area contributed by atoms with Gasteiger partial charge in [-0.2, -0.15) is 13.2 Å². The average Bonchev–Trinajstić information content (AvgIpc) is 3.51. The molecule has 5 aliphatic rings. The van der Waals surface area contributed by atoms with Crippen LogP contribution >= 0.6 is 0 Å². The van der Waals surface area contributed by atoms with Crippen LogP contribution in [0.2, 0.25) is 0 Å². The molecule has 158 valence electrons. The number of carbonyl (C=O) groups is 3. The van der Waals surface area contributed by atoms with Crippen molar-refractivity contribution in [1.29, 1.82) is 0 Å². The summed E-state index contributed by atoms with van der Waals surface area (Å²) in [5.41, 5.74) is 0.910. The first-order valence-corrected chi connectivity index (χ1v) is 10.2. The first-order valence-electron chi connectivity index (χ1n) is 10.2. The molecule has 3 amide bonds. The Kier molecular flexibility index (Phi) is 4.14. The van der Waals surface area contributed by atoms with Gasteiger partial charge in [0.1, 0.15) is 6.67 Å². The van der Waals surface area contributed by atoms with Crippen LogP contribution in [-0.4, -0.2) is 35.5 Å². The number of imide groups is 1. The van der Waals surface area contributed by atoms with Gasteiger partial charge >= 0.3 is 12.1 Å². The number of rotatable bonds is 4. The zero-order chi connectivity index (χ0) is 21.4. The molecule has 5 nitrogen and oxygen atoms in total. The lowest BCUT2D eigenvalue weighted by Crippen LogP contribution is -2.49. The van der Waals surface area contributed by atoms with E-state index in [0.717, 1.165) is 16.9 Å². The highest BCUT2D eigenvalue weighted by molar-refractivity contribution is 6.07. The molecule has 30 heavy (non-hydrogen) atoms. The van der Waals surface area contributed by atoms with Crippen LogP contribution < -0.4 is 4.90 Å². The second-order valence-corrected chi connectivity index (χ2v) is 8.65. The van der Waals surface area contributed by atoms with Gasteiger partial charge in [0, 0.05) is 5.69 Å². The highest BCUT2D eigenvalue weighted by atomic mass is 19.4. The van der Waals surface area contributed by atoms with E-state index in [1.165, 1.54) is 12.1 Å². The lowest BCUT2D eigenvalue weighted by molar-refractivity contribution is -0.171. The quantitative estimate of drug-likeness (QED) is 0.558. The Morgan fingerprint density at radius 2 is 1.57 bits per heavy atom. The molecule has 2 saturated carbocycles. The summed E-state index contributed by atoms with van der Waals surface area (Å²) in [7, 11) is 0. The van der Waals surface area contributed by atoms with Crippen molar-refractivity contribution in [2.75, 3.05) is 11.6 Å². The normalized spacial score (nSPS) is 33.5. The summed E-state index contributed by atoms with van der Waals surface area (Å²) in [5, 5.41) is 0. The fraction of sp³-hybridized carbons (Fsp3) is 0.500. The van der Waals surface area contributed by atoms with E-state index in [2.05, 4.69) is 0 Å². The lowest BCUT2D eigenvalue weighted by Gasteiger charge is -2.37. The minimum absolute atomic E-state index is 0.00828. The van der Waals surface area contributed by atoms with Crippen molar-refractivity contribution in [2.45, 2.75) is 25.9 Å². The lowest BCUT2D eigenvalue weighted by atomic mass is 9.63. The van der Waals surface area contributed by atoms with Crippen molar-refractivity contribution < 1.29 is 27.6 Å². The van der Waals surface area contributed by atoms with Crippen molar-refractivity contribution in [1.82, 2.24) is 4.90 Å². The monoisotopic (exact) mass is 418 g/mol. The summed E-state index contributed by atoms with van der Waals surface area (Å²) in [4.78, 5) is 39.7. The number of alkyl halides is 3. The summed E-state index contributed by atoms with van der Waals surface area (Å²) >= 11 is 0. The SMILES string of the molecule is CCc1ccc(N(CN2C(=O)C3C4C=CC(C5CC45)C3C2=O)C(=O)C(F)(F)F)cc1. The number of amides is 3. The van der Waals surface area contributed by atoms with Crippen LogP contribution in [0.15, 0.2) is 36.4 Å². The standard InChI is InChI=1S/C22H21F3N2O3/c1-2-11-3-5-12(6-4-11)26(21(30)22(23,24)25)10-27-19(28)17-13-7-8-14(16-9-15(13)16)18(17)20(27)29/h3-8,13-18H,2,9-10H2,1H3. The smallest absolute Gasteiger partial charge is 0.286 e. The Morgan fingerprint density at radius 3 is 2.03 bits per heavy atom. The number of halogens is 3. The van der Waals surface area contributed by atoms with Crippen molar-refractivity contribution in [3.8, 4) is 0 Å². The fourth-order valence-corrected chi connectivity index (χ4v) is 5.63. The predicted octanol–water partition coefficient (Wildman–Crippen LogP) is 3.15. The summed E-state index contributed by atoms with van der Waals surface area (Å²) < 4.78 is 39.9. The van der Waals surface area contributed by atoms with Crippen LogP contribution in [0.5, 0.6) is 0 Å². The Bertz CT molecular complexity index is 919. The van der Waals surface area contributed by atoms with Crippen LogP contribution in [0.3, 0.4) is 0 Å². The van der Waals surface area contributed by atoms with Crippen LogP contribution in [0.25, 0.3) is 0 Å². The van der Waals surface area contributed by atoms with E-state index in [9.17, 15) is 27.6 Å². The highest BCUT2D eigenvalue weighted by Gasteiger charge is 2.67. The first-order chi connectivity index (χ1) is 14.2. The van der Waals surface area contributed by atoms with E-state index in [1.54, 1.807) is 12.1 Å². The van der Waals surface area contributed by atoms with Gasteiger partial charge in [-0.3, -0.25) is 24.2 Å². The summed E-state index contributed by atoms with van der Waals surface area (Å²) in [6, 6.07) is 6.11. The third-order valence-corrected chi connectivity index (χ3v) is 7.18. The molecule has 0 N–H and O–H groups in total.